The molecular weight excluding hydrogens is 236 g/mol. The lowest BCUT2D eigenvalue weighted by atomic mass is 10.00. The van der Waals surface area contributed by atoms with Gasteiger partial charge in [0, 0.05) is 39.8 Å². The quantitative estimate of drug-likeness (QED) is 0.875. The summed E-state index contributed by atoms with van der Waals surface area (Å²) in [6, 6.07) is 8.80. The predicted molar refractivity (Wildman–Crippen MR) is 78.4 cm³/mol. The van der Waals surface area contributed by atoms with Crippen LogP contribution in [0.1, 0.15) is 11.1 Å². The summed E-state index contributed by atoms with van der Waals surface area (Å²) in [6.07, 6.45) is 1.18. The Kier molecular flexibility index (Phi) is 3.69. The van der Waals surface area contributed by atoms with E-state index in [-0.39, 0.29) is 0 Å². The second kappa shape index (κ2) is 5.61. The highest BCUT2D eigenvalue weighted by molar-refractivity contribution is 5.81. The van der Waals surface area contributed by atoms with E-state index in [0.29, 0.717) is 0 Å². The molecule has 4 heteroatoms. The summed E-state index contributed by atoms with van der Waals surface area (Å²) >= 11 is 0. The van der Waals surface area contributed by atoms with Crippen LogP contribution in [0.3, 0.4) is 0 Å². The summed E-state index contributed by atoms with van der Waals surface area (Å²) in [5.41, 5.74) is 3.01. The summed E-state index contributed by atoms with van der Waals surface area (Å²) in [6.45, 7) is 6.28. The maximum atomic E-state index is 4.45. The van der Waals surface area contributed by atoms with Crippen LogP contribution in [0.25, 0.3) is 0 Å². The number of nitrogens with zero attached hydrogens (tertiary/aromatic N) is 3. The summed E-state index contributed by atoms with van der Waals surface area (Å²) in [7, 11) is 2.09. The Morgan fingerprint density at radius 1 is 1.21 bits per heavy atom. The van der Waals surface area contributed by atoms with Crippen LogP contribution in [0.15, 0.2) is 29.3 Å². The second-order valence-electron chi connectivity index (χ2n) is 5.35. The van der Waals surface area contributed by atoms with Gasteiger partial charge < -0.3 is 10.2 Å². The maximum Gasteiger partial charge on any atom is 0.193 e. The zero-order chi connectivity index (χ0) is 13.1. The third kappa shape index (κ3) is 2.89. The van der Waals surface area contributed by atoms with Gasteiger partial charge in [-0.25, -0.2) is 0 Å². The van der Waals surface area contributed by atoms with E-state index in [1.54, 1.807) is 0 Å². The molecular formula is C15H22N4. The summed E-state index contributed by atoms with van der Waals surface area (Å²) in [5, 5.41) is 3.44. The van der Waals surface area contributed by atoms with Gasteiger partial charge in [0.05, 0.1) is 6.54 Å². The summed E-state index contributed by atoms with van der Waals surface area (Å²) in [4.78, 5) is 9.15. The molecule has 0 atom stereocenters. The van der Waals surface area contributed by atoms with E-state index in [1.807, 2.05) is 0 Å². The molecule has 0 spiro atoms. The van der Waals surface area contributed by atoms with E-state index in [2.05, 4.69) is 51.4 Å². The molecule has 3 rings (SSSR count). The molecule has 1 N–H and O–H groups in total. The molecule has 0 saturated carbocycles. The van der Waals surface area contributed by atoms with Crippen molar-refractivity contribution in [3.63, 3.8) is 0 Å². The van der Waals surface area contributed by atoms with Gasteiger partial charge in [-0.3, -0.25) is 9.89 Å². The first-order chi connectivity index (χ1) is 9.33. The minimum atomic E-state index is 0.927. The van der Waals surface area contributed by atoms with Gasteiger partial charge in [0.1, 0.15) is 0 Å². The van der Waals surface area contributed by atoms with Gasteiger partial charge in [0.25, 0.3) is 0 Å². The van der Waals surface area contributed by atoms with Crippen LogP contribution in [0.2, 0.25) is 0 Å². The van der Waals surface area contributed by atoms with E-state index in [9.17, 15) is 0 Å². The maximum absolute atomic E-state index is 4.45. The van der Waals surface area contributed by atoms with Crippen LogP contribution >= 0.6 is 0 Å². The lowest BCUT2D eigenvalue weighted by molar-refractivity contribution is 0.257. The molecule has 2 aliphatic heterocycles. The fraction of sp³-hybridized carbons (Fsp3) is 0.533. The van der Waals surface area contributed by atoms with E-state index < -0.39 is 0 Å². The monoisotopic (exact) mass is 258 g/mol. The molecule has 19 heavy (non-hydrogen) atoms. The van der Waals surface area contributed by atoms with Crippen LogP contribution in [0.5, 0.6) is 0 Å². The Hall–Kier alpha value is -1.55. The first-order valence-electron chi connectivity index (χ1n) is 7.11. The third-order valence-corrected chi connectivity index (χ3v) is 3.98. The smallest absolute Gasteiger partial charge is 0.193 e. The molecule has 0 fully saturated rings. The fourth-order valence-corrected chi connectivity index (χ4v) is 2.79. The van der Waals surface area contributed by atoms with Crippen LogP contribution in [0, 0.1) is 0 Å². The minimum absolute atomic E-state index is 0.927. The standard InChI is InChI=1S/C15H22N4/c1-18-10-7-16-15(18)17-8-11-19-9-6-13-4-2-3-5-14(13)12-19/h2-5H,6-12H2,1H3,(H,16,17). The molecule has 102 valence electrons. The SMILES string of the molecule is CN1CCN=C1NCCN1CCc2ccccc2C1. The van der Waals surface area contributed by atoms with E-state index in [0.717, 1.165) is 38.7 Å². The van der Waals surface area contributed by atoms with Crippen LogP contribution in [0.4, 0.5) is 0 Å². The highest BCUT2D eigenvalue weighted by atomic mass is 15.3. The number of aliphatic imine (C=N–C) groups is 1. The molecule has 4 nitrogen and oxygen atoms in total. The normalized spacial score (nSPS) is 19.2. The second-order valence-corrected chi connectivity index (χ2v) is 5.35. The van der Waals surface area contributed by atoms with Gasteiger partial charge in [0.15, 0.2) is 5.96 Å². The molecule has 0 aromatic heterocycles. The molecule has 0 unspecified atom stereocenters. The lowest BCUT2D eigenvalue weighted by Crippen LogP contribution is -2.41. The number of benzene rings is 1. The predicted octanol–water partition coefficient (Wildman–Crippen LogP) is 0.936. The topological polar surface area (TPSA) is 30.9 Å². The Labute approximate surface area is 115 Å². The van der Waals surface area contributed by atoms with Crippen molar-refractivity contribution < 1.29 is 0 Å². The van der Waals surface area contributed by atoms with E-state index >= 15 is 0 Å². The number of nitrogens with one attached hydrogen (secondary N) is 1. The van der Waals surface area contributed by atoms with Gasteiger partial charge in [-0.2, -0.15) is 0 Å². The molecule has 0 amide bonds. The number of rotatable bonds is 3. The molecule has 1 aromatic carbocycles. The Morgan fingerprint density at radius 2 is 2.05 bits per heavy atom. The molecule has 2 aliphatic rings. The molecule has 0 bridgehead atoms. The minimum Gasteiger partial charge on any atom is -0.355 e. The zero-order valence-corrected chi connectivity index (χ0v) is 11.6. The van der Waals surface area contributed by atoms with Crippen molar-refractivity contribution >= 4 is 5.96 Å². The highest BCUT2D eigenvalue weighted by Crippen LogP contribution is 2.17. The molecule has 2 heterocycles. The van der Waals surface area contributed by atoms with Gasteiger partial charge in [0.2, 0.25) is 0 Å². The van der Waals surface area contributed by atoms with Gasteiger partial charge >= 0.3 is 0 Å². The molecule has 0 aliphatic carbocycles. The van der Waals surface area contributed by atoms with Crippen molar-refractivity contribution in [3.05, 3.63) is 35.4 Å². The van der Waals surface area contributed by atoms with Crippen LogP contribution in [-0.4, -0.2) is 55.5 Å². The Bertz CT molecular complexity index is 469. The number of hydrogen-bond donors (Lipinski definition) is 1. The highest BCUT2D eigenvalue weighted by Gasteiger charge is 2.16. The number of fused-ring (bicyclic) bond motifs is 1. The fourth-order valence-electron chi connectivity index (χ4n) is 2.79. The van der Waals surface area contributed by atoms with Crippen molar-refractivity contribution in [3.8, 4) is 0 Å². The first-order valence-corrected chi connectivity index (χ1v) is 7.11. The van der Waals surface area contributed by atoms with E-state index in [1.165, 1.54) is 24.1 Å². The number of hydrogen-bond acceptors (Lipinski definition) is 4. The summed E-state index contributed by atoms with van der Waals surface area (Å²) in [5.74, 6) is 1.05. The molecule has 1 aromatic rings. The number of guanidine groups is 1. The number of likely N-dealkylation sites (N-methyl/N-ethyl adjacent to an activating group) is 1. The zero-order valence-electron chi connectivity index (χ0n) is 11.6. The van der Waals surface area contributed by atoms with Crippen molar-refractivity contribution in [1.82, 2.24) is 15.1 Å². The van der Waals surface area contributed by atoms with Gasteiger partial charge in [-0.15, -0.1) is 0 Å². The van der Waals surface area contributed by atoms with E-state index in [4.69, 9.17) is 0 Å². The molecule has 0 saturated heterocycles. The summed E-state index contributed by atoms with van der Waals surface area (Å²) < 4.78 is 0. The van der Waals surface area contributed by atoms with Crippen molar-refractivity contribution in [2.45, 2.75) is 13.0 Å². The first kappa shape index (κ1) is 12.5. The van der Waals surface area contributed by atoms with Crippen molar-refractivity contribution in [2.75, 3.05) is 39.8 Å². The van der Waals surface area contributed by atoms with Crippen LogP contribution < -0.4 is 5.32 Å². The Balaban J connectivity index is 1.47. The largest absolute Gasteiger partial charge is 0.355 e. The van der Waals surface area contributed by atoms with Crippen LogP contribution in [-0.2, 0) is 13.0 Å². The average molecular weight is 258 g/mol. The Morgan fingerprint density at radius 3 is 2.84 bits per heavy atom. The lowest BCUT2D eigenvalue weighted by Gasteiger charge is -2.29. The average Bonchev–Trinajstić information content (AvgIpc) is 2.84. The third-order valence-electron chi connectivity index (χ3n) is 3.98. The molecule has 0 radical (unpaired) electrons. The van der Waals surface area contributed by atoms with Crippen molar-refractivity contribution in [2.24, 2.45) is 4.99 Å². The van der Waals surface area contributed by atoms with Gasteiger partial charge in [-0.1, -0.05) is 24.3 Å². The van der Waals surface area contributed by atoms with Crippen molar-refractivity contribution in [1.29, 1.82) is 0 Å². The van der Waals surface area contributed by atoms with Gasteiger partial charge in [-0.05, 0) is 17.5 Å².